The van der Waals surface area contributed by atoms with Gasteiger partial charge in [-0.3, -0.25) is 9.39 Å². The zero-order chi connectivity index (χ0) is 22.8. The van der Waals surface area contributed by atoms with Gasteiger partial charge in [-0.05, 0) is 33.6 Å². The molecule has 0 aliphatic carbocycles. The monoisotopic (exact) mass is 431 g/mol. The van der Waals surface area contributed by atoms with Crippen molar-refractivity contribution in [2.75, 3.05) is 12.4 Å². The molecule has 4 aromatic rings. The van der Waals surface area contributed by atoms with Crippen LogP contribution in [0.1, 0.15) is 19.7 Å². The summed E-state index contributed by atoms with van der Waals surface area (Å²) in [5, 5.41) is 11.8. The fourth-order valence-corrected chi connectivity index (χ4v) is 3.42. The molecule has 0 saturated carbocycles. The summed E-state index contributed by atoms with van der Waals surface area (Å²) >= 11 is 0. The van der Waals surface area contributed by atoms with E-state index in [4.69, 9.17) is 14.7 Å². The van der Waals surface area contributed by atoms with Crippen molar-refractivity contribution in [2.45, 2.75) is 33.4 Å². The van der Waals surface area contributed by atoms with Crippen molar-refractivity contribution >= 4 is 29.2 Å². The van der Waals surface area contributed by atoms with Crippen LogP contribution in [0.2, 0.25) is 0 Å². The van der Waals surface area contributed by atoms with Crippen molar-refractivity contribution in [2.24, 2.45) is 4.99 Å². The van der Waals surface area contributed by atoms with Gasteiger partial charge in [0, 0.05) is 18.3 Å². The predicted octanol–water partition coefficient (Wildman–Crippen LogP) is 3.44. The largest absolute Gasteiger partial charge is 0.481 e. The highest BCUT2D eigenvalue weighted by Gasteiger charge is 2.20. The van der Waals surface area contributed by atoms with Crippen molar-refractivity contribution < 1.29 is 4.74 Å². The number of pyridine rings is 1. The van der Waals surface area contributed by atoms with Gasteiger partial charge in [0.2, 0.25) is 11.5 Å². The van der Waals surface area contributed by atoms with Crippen LogP contribution < -0.4 is 10.1 Å². The summed E-state index contributed by atoms with van der Waals surface area (Å²) in [5.74, 6) is 2.53. The van der Waals surface area contributed by atoms with Crippen LogP contribution in [0.15, 0.2) is 47.9 Å². The second kappa shape index (κ2) is 8.58. The highest BCUT2D eigenvalue weighted by atomic mass is 16.5. The SMILES string of the molecule is C=C/C=C(/Cn1c(-c2cn3c(C)nnc3c(NC(C)C)n2)nc2cnc(OC)cc21)N=C. The van der Waals surface area contributed by atoms with Crippen molar-refractivity contribution in [3.05, 3.63) is 48.7 Å². The van der Waals surface area contributed by atoms with Gasteiger partial charge in [-0.1, -0.05) is 12.7 Å². The molecule has 1 N–H and O–H groups in total. The highest BCUT2D eigenvalue weighted by molar-refractivity contribution is 5.81. The predicted molar refractivity (Wildman–Crippen MR) is 125 cm³/mol. The van der Waals surface area contributed by atoms with E-state index < -0.39 is 0 Å². The minimum atomic E-state index is 0.165. The van der Waals surface area contributed by atoms with Crippen LogP contribution in [-0.2, 0) is 6.54 Å². The first-order chi connectivity index (χ1) is 15.4. The molecular formula is C22H25N9O. The Labute approximate surface area is 185 Å². The molecule has 0 fully saturated rings. The Morgan fingerprint density at radius 2 is 2.12 bits per heavy atom. The minimum absolute atomic E-state index is 0.165. The lowest BCUT2D eigenvalue weighted by Crippen LogP contribution is -2.13. The van der Waals surface area contributed by atoms with Crippen LogP contribution >= 0.6 is 0 Å². The molecule has 4 aromatic heterocycles. The Hall–Kier alpha value is -4.08. The second-order valence-electron chi connectivity index (χ2n) is 7.50. The molecule has 32 heavy (non-hydrogen) atoms. The van der Waals surface area contributed by atoms with Crippen LogP contribution in [0.5, 0.6) is 5.88 Å². The summed E-state index contributed by atoms with van der Waals surface area (Å²) in [6.07, 6.45) is 7.06. The standard InChI is InChI=1S/C22H25N9O/c1-7-8-15(23-5)11-31-18-9-19(32-6)24-10-16(18)27-21(31)17-12-30-14(4)28-29-22(30)20(26-17)25-13(2)3/h7-10,12-13H,1,5,11H2,2-4,6H3,(H,25,26)/b15-8-. The Kier molecular flexibility index (Phi) is 5.67. The Balaban J connectivity index is 1.99. The van der Waals surface area contributed by atoms with Gasteiger partial charge in [0.15, 0.2) is 11.6 Å². The van der Waals surface area contributed by atoms with Gasteiger partial charge in [-0.25, -0.2) is 15.0 Å². The summed E-state index contributed by atoms with van der Waals surface area (Å²) in [5.41, 5.74) is 3.60. The van der Waals surface area contributed by atoms with Gasteiger partial charge < -0.3 is 14.6 Å². The lowest BCUT2D eigenvalue weighted by atomic mass is 10.3. The highest BCUT2D eigenvalue weighted by Crippen LogP contribution is 2.28. The number of aromatic nitrogens is 7. The molecule has 0 amide bonds. The fourth-order valence-electron chi connectivity index (χ4n) is 3.42. The molecule has 0 spiro atoms. The van der Waals surface area contributed by atoms with Crippen LogP contribution in [0, 0.1) is 6.92 Å². The van der Waals surface area contributed by atoms with E-state index in [0.29, 0.717) is 40.9 Å². The number of ether oxygens (including phenoxy) is 1. The number of allylic oxidation sites excluding steroid dienone is 3. The van der Waals surface area contributed by atoms with E-state index in [0.717, 1.165) is 17.0 Å². The number of rotatable bonds is 8. The first-order valence-electron chi connectivity index (χ1n) is 10.1. The van der Waals surface area contributed by atoms with E-state index >= 15 is 0 Å². The molecule has 10 heteroatoms. The molecule has 4 heterocycles. The molecular weight excluding hydrogens is 406 g/mol. The van der Waals surface area contributed by atoms with Crippen LogP contribution in [0.4, 0.5) is 5.82 Å². The van der Waals surface area contributed by atoms with Gasteiger partial charge in [0.1, 0.15) is 17.0 Å². The Morgan fingerprint density at radius 1 is 1.31 bits per heavy atom. The van der Waals surface area contributed by atoms with Crippen molar-refractivity contribution in [3.8, 4) is 17.4 Å². The topological polar surface area (TPSA) is 107 Å². The summed E-state index contributed by atoms with van der Waals surface area (Å²) in [6.45, 7) is 13.9. The van der Waals surface area contributed by atoms with Crippen molar-refractivity contribution in [1.29, 1.82) is 0 Å². The molecule has 4 rings (SSSR count). The quantitative estimate of drug-likeness (QED) is 0.336. The third kappa shape index (κ3) is 3.82. The molecule has 164 valence electrons. The number of aryl methyl sites for hydroxylation is 1. The van der Waals surface area contributed by atoms with Gasteiger partial charge in [-0.2, -0.15) is 0 Å². The first kappa shape index (κ1) is 21.2. The molecule has 0 aromatic carbocycles. The van der Waals surface area contributed by atoms with Crippen LogP contribution in [0.3, 0.4) is 0 Å². The summed E-state index contributed by atoms with van der Waals surface area (Å²) < 4.78 is 9.25. The minimum Gasteiger partial charge on any atom is -0.481 e. The van der Waals surface area contributed by atoms with E-state index in [-0.39, 0.29) is 6.04 Å². The average molecular weight is 432 g/mol. The lowest BCUT2D eigenvalue weighted by Gasteiger charge is -2.13. The van der Waals surface area contributed by atoms with Gasteiger partial charge >= 0.3 is 0 Å². The lowest BCUT2D eigenvalue weighted by molar-refractivity contribution is 0.398. The molecule has 0 aliphatic heterocycles. The van der Waals surface area contributed by atoms with Crippen molar-refractivity contribution in [1.82, 2.24) is 34.1 Å². The van der Waals surface area contributed by atoms with E-state index in [1.807, 2.05) is 48.1 Å². The zero-order valence-corrected chi connectivity index (χ0v) is 18.6. The van der Waals surface area contributed by atoms with Gasteiger partial charge in [0.05, 0.1) is 31.1 Å². The Morgan fingerprint density at radius 3 is 2.81 bits per heavy atom. The number of hydrogen-bond acceptors (Lipinski definition) is 8. The van der Waals surface area contributed by atoms with Gasteiger partial charge in [0.25, 0.3) is 0 Å². The average Bonchev–Trinajstić information content (AvgIpc) is 3.33. The smallest absolute Gasteiger partial charge is 0.215 e. The number of nitrogens with zero attached hydrogens (tertiary/aromatic N) is 8. The third-order valence-corrected chi connectivity index (χ3v) is 4.87. The molecule has 0 saturated heterocycles. The number of nitrogens with one attached hydrogen (secondary N) is 1. The van der Waals surface area contributed by atoms with E-state index in [1.165, 1.54) is 0 Å². The second-order valence-corrected chi connectivity index (χ2v) is 7.50. The maximum absolute atomic E-state index is 5.33. The summed E-state index contributed by atoms with van der Waals surface area (Å²) in [6, 6.07) is 2.01. The first-order valence-corrected chi connectivity index (χ1v) is 10.1. The molecule has 0 unspecified atom stereocenters. The normalized spacial score (nSPS) is 12.0. The molecule has 0 aliphatic rings. The Bertz CT molecular complexity index is 1350. The number of methoxy groups -OCH3 is 1. The molecule has 10 nitrogen and oxygen atoms in total. The molecule has 0 atom stereocenters. The number of aliphatic imine (C=N–C) groups is 1. The number of anilines is 1. The maximum Gasteiger partial charge on any atom is 0.215 e. The van der Waals surface area contributed by atoms with Crippen LogP contribution in [0.25, 0.3) is 28.2 Å². The number of fused-ring (bicyclic) bond motifs is 2. The zero-order valence-electron chi connectivity index (χ0n) is 18.6. The van der Waals surface area contributed by atoms with E-state index in [9.17, 15) is 0 Å². The third-order valence-electron chi connectivity index (χ3n) is 4.87. The molecule has 0 radical (unpaired) electrons. The van der Waals surface area contributed by atoms with Gasteiger partial charge in [-0.15, -0.1) is 10.2 Å². The van der Waals surface area contributed by atoms with E-state index in [2.05, 4.69) is 38.8 Å². The summed E-state index contributed by atoms with van der Waals surface area (Å²) in [4.78, 5) is 18.1. The van der Waals surface area contributed by atoms with E-state index in [1.54, 1.807) is 19.4 Å². The van der Waals surface area contributed by atoms with Crippen molar-refractivity contribution in [3.63, 3.8) is 0 Å². The number of imidazole rings is 1. The fraction of sp³-hybridized carbons (Fsp3) is 0.273. The summed E-state index contributed by atoms with van der Waals surface area (Å²) in [7, 11) is 1.58. The maximum atomic E-state index is 5.33. The molecule has 0 bridgehead atoms. The van der Waals surface area contributed by atoms with Crippen LogP contribution in [-0.4, -0.2) is 54.0 Å². The number of hydrogen-bond donors (Lipinski definition) is 1.